The molecule has 6 heteroatoms. The molecule has 0 saturated carbocycles. The van der Waals surface area contributed by atoms with Crippen molar-refractivity contribution >= 4 is 11.9 Å². The molecule has 0 aromatic heterocycles. The number of benzene rings is 1. The first kappa shape index (κ1) is 17.0. The van der Waals surface area contributed by atoms with Gasteiger partial charge in [0.25, 0.3) is 0 Å². The number of ether oxygens (including phenoxy) is 1. The number of carboxylic acid groups (broad SMARTS) is 2. The average molecular weight is 295 g/mol. The van der Waals surface area contributed by atoms with Gasteiger partial charge in [-0.3, -0.25) is 0 Å². The predicted molar refractivity (Wildman–Crippen MR) is 77.5 cm³/mol. The maximum Gasteiger partial charge on any atom is 0.414 e. The zero-order valence-corrected chi connectivity index (χ0v) is 12.0. The average Bonchev–Trinajstić information content (AvgIpc) is 2.77. The Labute approximate surface area is 123 Å². The van der Waals surface area contributed by atoms with E-state index < -0.39 is 11.9 Å². The summed E-state index contributed by atoms with van der Waals surface area (Å²) in [7, 11) is 1.71. The highest BCUT2D eigenvalue weighted by Crippen LogP contribution is 2.24. The van der Waals surface area contributed by atoms with Crippen LogP contribution in [0.2, 0.25) is 0 Å². The Hall–Kier alpha value is -2.08. The van der Waals surface area contributed by atoms with Gasteiger partial charge in [-0.15, -0.1) is 0 Å². The third-order valence-corrected chi connectivity index (χ3v) is 3.26. The Bertz CT molecular complexity index is 438. The van der Waals surface area contributed by atoms with Crippen LogP contribution in [0.1, 0.15) is 37.3 Å². The molecule has 0 bridgehead atoms. The molecule has 1 fully saturated rings. The molecule has 1 aliphatic rings. The van der Waals surface area contributed by atoms with Crippen molar-refractivity contribution in [1.82, 2.24) is 5.32 Å². The lowest BCUT2D eigenvalue weighted by Gasteiger charge is -2.16. The summed E-state index contributed by atoms with van der Waals surface area (Å²) >= 11 is 0. The van der Waals surface area contributed by atoms with Gasteiger partial charge in [-0.25, -0.2) is 9.59 Å². The number of hydrogen-bond donors (Lipinski definition) is 3. The highest BCUT2D eigenvalue weighted by atomic mass is 16.5. The number of carboxylic acids is 2. The molecular formula is C15H21NO5. The summed E-state index contributed by atoms with van der Waals surface area (Å²) in [5, 5.41) is 18.4. The first-order chi connectivity index (χ1) is 10.0. The molecule has 6 nitrogen and oxygen atoms in total. The van der Waals surface area contributed by atoms with E-state index in [1.165, 1.54) is 31.2 Å². The van der Waals surface area contributed by atoms with Gasteiger partial charge in [0.1, 0.15) is 5.75 Å². The van der Waals surface area contributed by atoms with Gasteiger partial charge in [-0.2, -0.15) is 0 Å². The fourth-order valence-electron chi connectivity index (χ4n) is 2.15. The van der Waals surface area contributed by atoms with E-state index in [4.69, 9.17) is 24.5 Å². The van der Waals surface area contributed by atoms with Gasteiger partial charge >= 0.3 is 11.9 Å². The minimum atomic E-state index is -1.82. The molecule has 116 valence electrons. The SMILES string of the molecule is COc1ccc(C2CCCCCN2)cc1.O=C(O)C(=O)O. The van der Waals surface area contributed by atoms with E-state index >= 15 is 0 Å². The van der Waals surface area contributed by atoms with Gasteiger partial charge < -0.3 is 20.3 Å². The van der Waals surface area contributed by atoms with Crippen LogP contribution in [-0.2, 0) is 9.59 Å². The second kappa shape index (κ2) is 8.97. The first-order valence-electron chi connectivity index (χ1n) is 6.88. The predicted octanol–water partition coefficient (Wildman–Crippen LogP) is 2.06. The van der Waals surface area contributed by atoms with Crippen LogP contribution in [0.3, 0.4) is 0 Å². The minimum absolute atomic E-state index is 0.540. The van der Waals surface area contributed by atoms with Crippen LogP contribution >= 0.6 is 0 Å². The summed E-state index contributed by atoms with van der Waals surface area (Å²) in [6.45, 7) is 1.15. The zero-order chi connectivity index (χ0) is 15.7. The maximum absolute atomic E-state index is 9.10. The summed E-state index contributed by atoms with van der Waals surface area (Å²) < 4.78 is 5.16. The Morgan fingerprint density at radius 1 is 1.10 bits per heavy atom. The Morgan fingerprint density at radius 2 is 1.71 bits per heavy atom. The molecule has 1 heterocycles. The molecule has 2 rings (SSSR count). The number of methoxy groups -OCH3 is 1. The Kier molecular flexibility index (Phi) is 7.25. The largest absolute Gasteiger partial charge is 0.497 e. The zero-order valence-electron chi connectivity index (χ0n) is 12.0. The molecule has 0 aliphatic carbocycles. The summed E-state index contributed by atoms with van der Waals surface area (Å²) in [5.74, 6) is -2.71. The summed E-state index contributed by atoms with van der Waals surface area (Å²) in [5.41, 5.74) is 1.39. The van der Waals surface area contributed by atoms with Crippen LogP contribution in [0.15, 0.2) is 24.3 Å². The lowest BCUT2D eigenvalue weighted by Crippen LogP contribution is -2.20. The molecule has 1 unspecified atom stereocenters. The number of nitrogens with one attached hydrogen (secondary N) is 1. The normalized spacial score (nSPS) is 17.9. The number of carbonyl (C=O) groups is 2. The summed E-state index contributed by atoms with van der Waals surface area (Å²) in [6, 6.07) is 8.96. The third kappa shape index (κ3) is 6.27. The van der Waals surface area contributed by atoms with Crippen LogP contribution in [0.5, 0.6) is 5.75 Å². The first-order valence-corrected chi connectivity index (χ1v) is 6.88. The monoisotopic (exact) mass is 295 g/mol. The molecule has 1 aliphatic heterocycles. The lowest BCUT2D eigenvalue weighted by molar-refractivity contribution is -0.159. The summed E-state index contributed by atoms with van der Waals surface area (Å²) in [6.07, 6.45) is 5.27. The Morgan fingerprint density at radius 3 is 2.24 bits per heavy atom. The lowest BCUT2D eigenvalue weighted by atomic mass is 10.0. The minimum Gasteiger partial charge on any atom is -0.497 e. The molecule has 1 saturated heterocycles. The highest BCUT2D eigenvalue weighted by molar-refractivity contribution is 6.27. The third-order valence-electron chi connectivity index (χ3n) is 3.26. The quantitative estimate of drug-likeness (QED) is 0.723. The molecular weight excluding hydrogens is 274 g/mol. The molecule has 0 radical (unpaired) electrons. The van der Waals surface area contributed by atoms with Gasteiger partial charge in [0.05, 0.1) is 7.11 Å². The van der Waals surface area contributed by atoms with Crippen molar-refractivity contribution < 1.29 is 24.5 Å². The second-order valence-electron chi connectivity index (χ2n) is 4.74. The van der Waals surface area contributed by atoms with Crippen molar-refractivity contribution in [3.8, 4) is 5.75 Å². The molecule has 1 aromatic rings. The van der Waals surface area contributed by atoms with Crippen molar-refractivity contribution in [2.24, 2.45) is 0 Å². The van der Waals surface area contributed by atoms with Crippen LogP contribution < -0.4 is 10.1 Å². The van der Waals surface area contributed by atoms with E-state index in [-0.39, 0.29) is 0 Å². The fourth-order valence-corrected chi connectivity index (χ4v) is 2.15. The molecule has 3 N–H and O–H groups in total. The molecule has 21 heavy (non-hydrogen) atoms. The Balaban J connectivity index is 0.000000315. The van der Waals surface area contributed by atoms with Crippen LogP contribution in [-0.4, -0.2) is 35.8 Å². The topological polar surface area (TPSA) is 95.9 Å². The standard InChI is InChI=1S/C13H19NO.C2H2O4/c1-15-12-8-6-11(7-9-12)13-5-3-2-4-10-14-13;3-1(4)2(5)6/h6-9,13-14H,2-5,10H2,1H3;(H,3,4)(H,5,6). The van der Waals surface area contributed by atoms with E-state index in [2.05, 4.69) is 17.4 Å². The summed E-state index contributed by atoms with van der Waals surface area (Å²) in [4.78, 5) is 18.2. The van der Waals surface area contributed by atoms with E-state index in [1.807, 2.05) is 12.1 Å². The van der Waals surface area contributed by atoms with Crippen LogP contribution in [0, 0.1) is 0 Å². The van der Waals surface area contributed by atoms with Crippen molar-refractivity contribution in [1.29, 1.82) is 0 Å². The number of hydrogen-bond acceptors (Lipinski definition) is 4. The van der Waals surface area contributed by atoms with E-state index in [9.17, 15) is 0 Å². The van der Waals surface area contributed by atoms with Crippen molar-refractivity contribution in [2.45, 2.75) is 31.7 Å². The molecule has 1 atom stereocenters. The van der Waals surface area contributed by atoms with E-state index in [1.54, 1.807) is 7.11 Å². The number of aliphatic carboxylic acids is 2. The maximum atomic E-state index is 9.10. The molecule has 0 amide bonds. The van der Waals surface area contributed by atoms with Gasteiger partial charge in [-0.1, -0.05) is 25.0 Å². The van der Waals surface area contributed by atoms with Gasteiger partial charge in [0, 0.05) is 6.04 Å². The van der Waals surface area contributed by atoms with Crippen molar-refractivity contribution in [3.63, 3.8) is 0 Å². The number of rotatable bonds is 2. The second-order valence-corrected chi connectivity index (χ2v) is 4.74. The molecule has 1 aromatic carbocycles. The molecule has 0 spiro atoms. The van der Waals surface area contributed by atoms with Crippen molar-refractivity contribution in [2.75, 3.05) is 13.7 Å². The van der Waals surface area contributed by atoms with Crippen molar-refractivity contribution in [3.05, 3.63) is 29.8 Å². The smallest absolute Gasteiger partial charge is 0.414 e. The van der Waals surface area contributed by atoms with E-state index in [0.29, 0.717) is 6.04 Å². The van der Waals surface area contributed by atoms with E-state index in [0.717, 1.165) is 12.3 Å². The van der Waals surface area contributed by atoms with Crippen LogP contribution in [0.25, 0.3) is 0 Å². The van der Waals surface area contributed by atoms with Gasteiger partial charge in [0.2, 0.25) is 0 Å². The van der Waals surface area contributed by atoms with Gasteiger partial charge in [-0.05, 0) is 37.1 Å². The van der Waals surface area contributed by atoms with Crippen LogP contribution in [0.4, 0.5) is 0 Å². The highest BCUT2D eigenvalue weighted by Gasteiger charge is 2.12. The fraction of sp³-hybridized carbons (Fsp3) is 0.467. The van der Waals surface area contributed by atoms with Gasteiger partial charge in [0.15, 0.2) is 0 Å².